The number of rotatable bonds is 7. The van der Waals surface area contributed by atoms with Crippen molar-refractivity contribution in [2.24, 2.45) is 0 Å². The molecule has 22 heavy (non-hydrogen) atoms. The summed E-state index contributed by atoms with van der Waals surface area (Å²) in [5.41, 5.74) is 3.01. The summed E-state index contributed by atoms with van der Waals surface area (Å²) in [6, 6.07) is 9.32. The second-order valence-electron chi connectivity index (χ2n) is 7.17. The average molecular weight is 321 g/mol. The van der Waals surface area contributed by atoms with Gasteiger partial charge in [-0.3, -0.25) is 0 Å². The SMILES string of the molecule is CC(C)[SiH](c1ccc(CCOC2CCCCO2)cc1)C(C)C. The summed E-state index contributed by atoms with van der Waals surface area (Å²) in [5.74, 6) is 0. The molecule has 0 aliphatic carbocycles. The molecule has 2 rings (SSSR count). The maximum atomic E-state index is 5.83. The van der Waals surface area contributed by atoms with Crippen molar-refractivity contribution in [1.29, 1.82) is 0 Å². The van der Waals surface area contributed by atoms with E-state index >= 15 is 0 Å². The lowest BCUT2D eigenvalue weighted by Crippen LogP contribution is -2.35. The second-order valence-corrected chi connectivity index (χ2v) is 11.6. The highest BCUT2D eigenvalue weighted by atomic mass is 28.3. The summed E-state index contributed by atoms with van der Waals surface area (Å²) in [6.45, 7) is 11.1. The van der Waals surface area contributed by atoms with Crippen molar-refractivity contribution >= 4 is 14.0 Å². The molecule has 0 saturated carbocycles. The Hall–Kier alpha value is -0.643. The van der Waals surface area contributed by atoms with Crippen LogP contribution in [0.15, 0.2) is 24.3 Å². The minimum Gasteiger partial charge on any atom is -0.353 e. The number of benzene rings is 1. The molecule has 0 bridgehead atoms. The Morgan fingerprint density at radius 1 is 1.09 bits per heavy atom. The summed E-state index contributed by atoms with van der Waals surface area (Å²) in [5, 5.41) is 1.60. The largest absolute Gasteiger partial charge is 0.353 e. The van der Waals surface area contributed by atoms with E-state index < -0.39 is 8.80 Å². The lowest BCUT2D eigenvalue weighted by atomic mass is 10.1. The van der Waals surface area contributed by atoms with Crippen LogP contribution in [-0.2, 0) is 15.9 Å². The lowest BCUT2D eigenvalue weighted by molar-refractivity contribution is -0.161. The first-order chi connectivity index (χ1) is 10.6. The van der Waals surface area contributed by atoms with Gasteiger partial charge in [0.25, 0.3) is 0 Å². The van der Waals surface area contributed by atoms with E-state index in [-0.39, 0.29) is 6.29 Å². The van der Waals surface area contributed by atoms with Crippen molar-refractivity contribution in [3.8, 4) is 0 Å². The Bertz CT molecular complexity index is 414. The Morgan fingerprint density at radius 2 is 1.77 bits per heavy atom. The monoisotopic (exact) mass is 320 g/mol. The van der Waals surface area contributed by atoms with Gasteiger partial charge in [0.1, 0.15) is 0 Å². The topological polar surface area (TPSA) is 18.5 Å². The van der Waals surface area contributed by atoms with E-state index in [4.69, 9.17) is 9.47 Å². The van der Waals surface area contributed by atoms with Gasteiger partial charge in [-0.2, -0.15) is 0 Å². The molecule has 0 aromatic heterocycles. The molecule has 1 fully saturated rings. The van der Waals surface area contributed by atoms with Gasteiger partial charge in [0.15, 0.2) is 6.29 Å². The average Bonchev–Trinajstić information content (AvgIpc) is 2.49. The van der Waals surface area contributed by atoms with Gasteiger partial charge in [-0.1, -0.05) is 57.1 Å². The number of hydrogen-bond donors (Lipinski definition) is 0. The predicted molar refractivity (Wildman–Crippen MR) is 96.7 cm³/mol. The fourth-order valence-corrected chi connectivity index (χ4v) is 7.31. The van der Waals surface area contributed by atoms with Crippen LogP contribution < -0.4 is 5.19 Å². The maximum absolute atomic E-state index is 5.83. The van der Waals surface area contributed by atoms with Gasteiger partial charge in [0.05, 0.1) is 15.4 Å². The van der Waals surface area contributed by atoms with Crippen LogP contribution in [0.3, 0.4) is 0 Å². The van der Waals surface area contributed by atoms with Crippen LogP contribution in [0, 0.1) is 0 Å². The number of hydrogen-bond acceptors (Lipinski definition) is 2. The Morgan fingerprint density at radius 3 is 2.32 bits per heavy atom. The highest BCUT2D eigenvalue weighted by Crippen LogP contribution is 2.20. The molecule has 124 valence electrons. The van der Waals surface area contributed by atoms with Crippen LogP contribution in [-0.4, -0.2) is 28.3 Å². The molecule has 1 aliphatic rings. The Balaban J connectivity index is 1.83. The van der Waals surface area contributed by atoms with Gasteiger partial charge in [-0.25, -0.2) is 0 Å². The molecule has 1 atom stereocenters. The fourth-order valence-electron chi connectivity index (χ4n) is 3.60. The zero-order chi connectivity index (χ0) is 15.9. The first-order valence-corrected chi connectivity index (χ1v) is 10.8. The molecule has 3 heteroatoms. The van der Waals surface area contributed by atoms with Gasteiger partial charge in [0, 0.05) is 6.61 Å². The molecule has 2 nitrogen and oxygen atoms in total. The van der Waals surface area contributed by atoms with E-state index in [0.717, 1.165) is 37.1 Å². The predicted octanol–water partition coefficient (Wildman–Crippen LogP) is 4.03. The van der Waals surface area contributed by atoms with Crippen molar-refractivity contribution in [3.63, 3.8) is 0 Å². The standard InChI is InChI=1S/C19H32O2Si/c1-15(2)22(16(3)4)18-10-8-17(9-11-18)12-14-21-19-7-5-6-13-20-19/h8-11,15-16,19,22H,5-7,12-14H2,1-4H3. The van der Waals surface area contributed by atoms with E-state index in [1.165, 1.54) is 18.4 Å². The Labute approximate surface area is 137 Å². The molecule has 1 heterocycles. The van der Waals surface area contributed by atoms with Crippen LogP contribution >= 0.6 is 0 Å². The van der Waals surface area contributed by atoms with Gasteiger partial charge >= 0.3 is 0 Å². The van der Waals surface area contributed by atoms with E-state index in [1.807, 2.05) is 0 Å². The quantitative estimate of drug-likeness (QED) is 0.706. The molecule has 1 aliphatic heterocycles. The molecule has 0 spiro atoms. The second kappa shape index (κ2) is 8.85. The molecule has 1 unspecified atom stereocenters. The zero-order valence-electron chi connectivity index (χ0n) is 14.7. The third-order valence-corrected chi connectivity index (χ3v) is 8.66. The smallest absolute Gasteiger partial charge is 0.157 e. The summed E-state index contributed by atoms with van der Waals surface area (Å²) in [4.78, 5) is 0. The van der Waals surface area contributed by atoms with Gasteiger partial charge in [-0.15, -0.1) is 0 Å². The van der Waals surface area contributed by atoms with Crippen LogP contribution in [0.25, 0.3) is 0 Å². The lowest BCUT2D eigenvalue weighted by Gasteiger charge is -2.24. The van der Waals surface area contributed by atoms with Crippen molar-refractivity contribution in [2.75, 3.05) is 13.2 Å². The maximum Gasteiger partial charge on any atom is 0.157 e. The van der Waals surface area contributed by atoms with E-state index in [1.54, 1.807) is 5.19 Å². The minimum atomic E-state index is -0.861. The van der Waals surface area contributed by atoms with Gasteiger partial charge in [-0.05, 0) is 42.3 Å². The van der Waals surface area contributed by atoms with Crippen LogP contribution in [0.2, 0.25) is 11.1 Å². The highest BCUT2D eigenvalue weighted by molar-refractivity contribution is 6.75. The molecule has 1 saturated heterocycles. The molecular weight excluding hydrogens is 288 g/mol. The first-order valence-electron chi connectivity index (χ1n) is 8.90. The summed E-state index contributed by atoms with van der Waals surface area (Å²) in [7, 11) is -0.861. The van der Waals surface area contributed by atoms with Crippen LogP contribution in [0.4, 0.5) is 0 Å². The summed E-state index contributed by atoms with van der Waals surface area (Å²) in [6.07, 6.45) is 4.48. The van der Waals surface area contributed by atoms with E-state index in [9.17, 15) is 0 Å². The molecule has 1 aromatic carbocycles. The molecular formula is C19H32O2Si. The normalized spacial score (nSPS) is 19.3. The van der Waals surface area contributed by atoms with E-state index in [2.05, 4.69) is 52.0 Å². The molecule has 0 radical (unpaired) electrons. The summed E-state index contributed by atoms with van der Waals surface area (Å²) < 4.78 is 11.4. The number of ether oxygens (including phenoxy) is 2. The molecule has 0 amide bonds. The van der Waals surface area contributed by atoms with Crippen LogP contribution in [0.1, 0.15) is 52.5 Å². The summed E-state index contributed by atoms with van der Waals surface area (Å²) >= 11 is 0. The van der Waals surface area contributed by atoms with Gasteiger partial charge in [0.2, 0.25) is 0 Å². The molecule has 1 aromatic rings. The van der Waals surface area contributed by atoms with E-state index in [0.29, 0.717) is 0 Å². The van der Waals surface area contributed by atoms with Crippen molar-refractivity contribution in [2.45, 2.75) is 70.8 Å². The third-order valence-electron chi connectivity index (χ3n) is 4.63. The van der Waals surface area contributed by atoms with Crippen molar-refractivity contribution in [1.82, 2.24) is 0 Å². The fraction of sp³-hybridized carbons (Fsp3) is 0.684. The van der Waals surface area contributed by atoms with Gasteiger partial charge < -0.3 is 9.47 Å². The highest BCUT2D eigenvalue weighted by Gasteiger charge is 2.21. The third kappa shape index (κ3) is 5.22. The molecule has 0 N–H and O–H groups in total. The zero-order valence-corrected chi connectivity index (χ0v) is 15.8. The Kier molecular flexibility index (Phi) is 7.12. The van der Waals surface area contributed by atoms with Crippen molar-refractivity contribution in [3.05, 3.63) is 29.8 Å². The minimum absolute atomic E-state index is 0.0340. The van der Waals surface area contributed by atoms with Crippen molar-refractivity contribution < 1.29 is 9.47 Å². The van der Waals surface area contributed by atoms with Crippen LogP contribution in [0.5, 0.6) is 0 Å². The first kappa shape index (κ1) is 17.7.